The molecule has 6 heteroatoms. The van der Waals surface area contributed by atoms with E-state index in [2.05, 4.69) is 15.3 Å². The zero-order valence-electron chi connectivity index (χ0n) is 14.6. The molecule has 2 aromatic heterocycles. The SMILES string of the molecule is Cn1ccnc1C(NC(=O)c1ccc2ccccc2n1)c1ccc(F)cc1. The molecule has 0 spiro atoms. The number of carbonyl (C=O) groups is 1. The quantitative estimate of drug-likeness (QED) is 0.605. The van der Waals surface area contributed by atoms with Gasteiger partial charge in [-0.1, -0.05) is 36.4 Å². The van der Waals surface area contributed by atoms with Gasteiger partial charge in [0.05, 0.1) is 5.52 Å². The monoisotopic (exact) mass is 360 g/mol. The molecule has 1 atom stereocenters. The molecule has 5 nitrogen and oxygen atoms in total. The summed E-state index contributed by atoms with van der Waals surface area (Å²) in [5.74, 6) is -0.00584. The Balaban J connectivity index is 1.69. The number of pyridine rings is 1. The highest BCUT2D eigenvalue weighted by molar-refractivity contribution is 5.95. The zero-order valence-corrected chi connectivity index (χ0v) is 14.6. The first-order chi connectivity index (χ1) is 13.1. The number of imidazole rings is 1. The van der Waals surface area contributed by atoms with Gasteiger partial charge in [0.25, 0.3) is 5.91 Å². The van der Waals surface area contributed by atoms with Gasteiger partial charge in [-0.05, 0) is 29.8 Å². The van der Waals surface area contributed by atoms with E-state index in [0.29, 0.717) is 11.5 Å². The molecule has 0 radical (unpaired) electrons. The van der Waals surface area contributed by atoms with Gasteiger partial charge in [0.15, 0.2) is 0 Å². The van der Waals surface area contributed by atoms with E-state index in [9.17, 15) is 9.18 Å². The molecular formula is C21H17FN4O. The Kier molecular flexibility index (Phi) is 4.38. The minimum atomic E-state index is -0.522. The largest absolute Gasteiger partial charge is 0.337 e. The van der Waals surface area contributed by atoms with Crippen molar-refractivity contribution in [2.24, 2.45) is 7.05 Å². The van der Waals surface area contributed by atoms with Crippen molar-refractivity contribution >= 4 is 16.8 Å². The molecule has 0 aliphatic rings. The molecule has 0 bridgehead atoms. The number of para-hydroxylation sites is 1. The van der Waals surface area contributed by atoms with Crippen LogP contribution in [-0.4, -0.2) is 20.4 Å². The maximum atomic E-state index is 13.3. The van der Waals surface area contributed by atoms with Crippen LogP contribution in [0.3, 0.4) is 0 Å². The maximum absolute atomic E-state index is 13.3. The van der Waals surface area contributed by atoms with E-state index in [1.807, 2.05) is 41.9 Å². The van der Waals surface area contributed by atoms with Crippen molar-refractivity contribution in [2.45, 2.75) is 6.04 Å². The highest BCUT2D eigenvalue weighted by Gasteiger charge is 2.22. The molecule has 2 heterocycles. The van der Waals surface area contributed by atoms with Crippen LogP contribution in [0.5, 0.6) is 0 Å². The summed E-state index contributed by atoms with van der Waals surface area (Å²) in [4.78, 5) is 21.6. The topological polar surface area (TPSA) is 59.8 Å². The van der Waals surface area contributed by atoms with Crippen molar-refractivity contribution in [1.82, 2.24) is 19.9 Å². The lowest BCUT2D eigenvalue weighted by Crippen LogP contribution is -2.31. The van der Waals surface area contributed by atoms with Crippen LogP contribution in [0, 0.1) is 5.82 Å². The number of aryl methyl sites for hydroxylation is 1. The van der Waals surface area contributed by atoms with Crippen LogP contribution in [0.1, 0.15) is 27.9 Å². The van der Waals surface area contributed by atoms with Crippen molar-refractivity contribution in [3.05, 3.63) is 96.0 Å². The average molecular weight is 360 g/mol. The number of carbonyl (C=O) groups excluding carboxylic acids is 1. The Morgan fingerprint density at radius 3 is 2.59 bits per heavy atom. The molecule has 1 unspecified atom stereocenters. The number of rotatable bonds is 4. The van der Waals surface area contributed by atoms with Crippen molar-refractivity contribution in [3.8, 4) is 0 Å². The minimum Gasteiger partial charge on any atom is -0.337 e. The van der Waals surface area contributed by atoms with Crippen molar-refractivity contribution in [1.29, 1.82) is 0 Å². The van der Waals surface area contributed by atoms with E-state index in [4.69, 9.17) is 0 Å². The molecule has 27 heavy (non-hydrogen) atoms. The lowest BCUT2D eigenvalue weighted by Gasteiger charge is -2.19. The van der Waals surface area contributed by atoms with Crippen LogP contribution in [-0.2, 0) is 7.05 Å². The van der Waals surface area contributed by atoms with Crippen LogP contribution >= 0.6 is 0 Å². The van der Waals surface area contributed by atoms with E-state index in [1.165, 1.54) is 12.1 Å². The number of nitrogens with one attached hydrogen (secondary N) is 1. The maximum Gasteiger partial charge on any atom is 0.270 e. The summed E-state index contributed by atoms with van der Waals surface area (Å²) in [5, 5.41) is 3.94. The molecule has 1 N–H and O–H groups in total. The third kappa shape index (κ3) is 3.42. The van der Waals surface area contributed by atoms with Gasteiger partial charge in [0.2, 0.25) is 0 Å². The van der Waals surface area contributed by atoms with Gasteiger partial charge in [-0.15, -0.1) is 0 Å². The number of amides is 1. The summed E-state index contributed by atoms with van der Waals surface area (Å²) in [7, 11) is 1.85. The predicted molar refractivity (Wildman–Crippen MR) is 101 cm³/mol. The second kappa shape index (κ2) is 6.99. The Morgan fingerprint density at radius 1 is 1.07 bits per heavy atom. The third-order valence-corrected chi connectivity index (χ3v) is 4.43. The first kappa shape index (κ1) is 16.9. The molecule has 4 aromatic rings. The normalized spacial score (nSPS) is 12.1. The van der Waals surface area contributed by atoms with Crippen LogP contribution in [0.15, 0.2) is 73.1 Å². The minimum absolute atomic E-state index is 0.315. The highest BCUT2D eigenvalue weighted by atomic mass is 19.1. The fourth-order valence-corrected chi connectivity index (χ4v) is 3.01. The molecule has 0 saturated heterocycles. The second-order valence-electron chi connectivity index (χ2n) is 6.24. The summed E-state index contributed by atoms with van der Waals surface area (Å²) in [6, 6.07) is 16.7. The average Bonchev–Trinajstić information content (AvgIpc) is 3.12. The van der Waals surface area contributed by atoms with Gasteiger partial charge in [-0.25, -0.2) is 14.4 Å². The van der Waals surface area contributed by atoms with Gasteiger partial charge in [0.1, 0.15) is 23.4 Å². The summed E-state index contributed by atoms with van der Waals surface area (Å²) >= 11 is 0. The van der Waals surface area contributed by atoms with Crippen molar-refractivity contribution < 1.29 is 9.18 Å². The standard InChI is InChI=1S/C21H17FN4O/c1-26-13-12-23-20(26)19(15-6-9-16(22)10-7-15)25-21(27)18-11-8-14-4-2-3-5-17(14)24-18/h2-13,19H,1H3,(H,25,27). The fourth-order valence-electron chi connectivity index (χ4n) is 3.01. The number of aromatic nitrogens is 3. The first-order valence-electron chi connectivity index (χ1n) is 8.51. The van der Waals surface area contributed by atoms with E-state index >= 15 is 0 Å². The Labute approximate surface area is 155 Å². The molecule has 0 aliphatic carbocycles. The number of benzene rings is 2. The Hall–Kier alpha value is -3.54. The number of fused-ring (bicyclic) bond motifs is 1. The number of nitrogens with zero attached hydrogens (tertiary/aromatic N) is 3. The zero-order chi connectivity index (χ0) is 18.8. The summed E-state index contributed by atoms with van der Waals surface area (Å²) in [5.41, 5.74) is 1.80. The van der Waals surface area contributed by atoms with Crippen LogP contribution in [0.25, 0.3) is 10.9 Å². The van der Waals surface area contributed by atoms with Crippen molar-refractivity contribution in [3.63, 3.8) is 0 Å². The number of hydrogen-bond donors (Lipinski definition) is 1. The third-order valence-electron chi connectivity index (χ3n) is 4.43. The Bertz CT molecular complexity index is 1100. The molecular weight excluding hydrogens is 343 g/mol. The number of halogens is 1. The number of hydrogen-bond acceptors (Lipinski definition) is 3. The smallest absolute Gasteiger partial charge is 0.270 e. The van der Waals surface area contributed by atoms with Gasteiger partial charge < -0.3 is 9.88 Å². The van der Waals surface area contributed by atoms with E-state index in [-0.39, 0.29) is 11.7 Å². The lowest BCUT2D eigenvalue weighted by molar-refractivity contribution is 0.0936. The molecule has 0 fully saturated rings. The molecule has 0 saturated carbocycles. The Morgan fingerprint density at radius 2 is 1.85 bits per heavy atom. The summed E-state index contributed by atoms with van der Waals surface area (Å²) < 4.78 is 15.2. The molecule has 4 rings (SSSR count). The predicted octanol–water partition coefficient (Wildman–Crippen LogP) is 3.63. The van der Waals surface area contributed by atoms with Crippen molar-refractivity contribution in [2.75, 3.05) is 0 Å². The van der Waals surface area contributed by atoms with E-state index in [1.54, 1.807) is 30.6 Å². The molecule has 1 amide bonds. The van der Waals surface area contributed by atoms with Gasteiger partial charge in [-0.2, -0.15) is 0 Å². The van der Waals surface area contributed by atoms with Crippen LogP contribution < -0.4 is 5.32 Å². The molecule has 0 aliphatic heterocycles. The van der Waals surface area contributed by atoms with Crippen LogP contribution in [0.2, 0.25) is 0 Å². The fraction of sp³-hybridized carbons (Fsp3) is 0.0952. The van der Waals surface area contributed by atoms with Gasteiger partial charge in [-0.3, -0.25) is 4.79 Å². The molecule has 2 aromatic carbocycles. The van der Waals surface area contributed by atoms with Gasteiger partial charge in [0, 0.05) is 24.8 Å². The highest BCUT2D eigenvalue weighted by Crippen LogP contribution is 2.22. The second-order valence-corrected chi connectivity index (χ2v) is 6.24. The summed E-state index contributed by atoms with van der Waals surface area (Å²) in [6.07, 6.45) is 3.46. The van der Waals surface area contributed by atoms with Gasteiger partial charge >= 0.3 is 0 Å². The first-order valence-corrected chi connectivity index (χ1v) is 8.51. The van der Waals surface area contributed by atoms with E-state index in [0.717, 1.165) is 16.5 Å². The van der Waals surface area contributed by atoms with Crippen LogP contribution in [0.4, 0.5) is 4.39 Å². The summed E-state index contributed by atoms with van der Waals surface area (Å²) in [6.45, 7) is 0. The molecule has 134 valence electrons. The van der Waals surface area contributed by atoms with E-state index < -0.39 is 6.04 Å². The lowest BCUT2D eigenvalue weighted by atomic mass is 10.1.